The standard InChI is InChI=1S/C16H12O3/c1-10-7-15-13(8-14(10)17)12(9-16(18)19-15)11-5-3-2-4-6-11/h2-9,17H,1H3. The first-order valence-corrected chi connectivity index (χ1v) is 5.98. The Hall–Kier alpha value is -2.55. The van der Waals surface area contributed by atoms with Gasteiger partial charge in [-0.15, -0.1) is 0 Å². The van der Waals surface area contributed by atoms with Gasteiger partial charge in [0.2, 0.25) is 0 Å². The molecule has 3 rings (SSSR count). The van der Waals surface area contributed by atoms with Crippen LogP contribution in [0.5, 0.6) is 5.75 Å². The van der Waals surface area contributed by atoms with Gasteiger partial charge in [-0.1, -0.05) is 30.3 Å². The summed E-state index contributed by atoms with van der Waals surface area (Å²) < 4.78 is 5.19. The van der Waals surface area contributed by atoms with Crippen LogP contribution in [-0.2, 0) is 0 Å². The SMILES string of the molecule is Cc1cc2oc(=O)cc(-c3ccccc3)c2cc1O. The van der Waals surface area contributed by atoms with Gasteiger partial charge >= 0.3 is 5.63 Å². The van der Waals surface area contributed by atoms with E-state index in [1.165, 1.54) is 6.07 Å². The van der Waals surface area contributed by atoms with E-state index in [4.69, 9.17) is 4.42 Å². The highest BCUT2D eigenvalue weighted by Crippen LogP contribution is 2.31. The average molecular weight is 252 g/mol. The molecular weight excluding hydrogens is 240 g/mol. The number of benzene rings is 2. The maximum absolute atomic E-state index is 11.6. The maximum Gasteiger partial charge on any atom is 0.336 e. The van der Waals surface area contributed by atoms with Crippen molar-refractivity contribution in [1.29, 1.82) is 0 Å². The summed E-state index contributed by atoms with van der Waals surface area (Å²) >= 11 is 0. The molecule has 0 saturated carbocycles. The monoisotopic (exact) mass is 252 g/mol. The van der Waals surface area contributed by atoms with Gasteiger partial charge in [0.15, 0.2) is 0 Å². The fraction of sp³-hybridized carbons (Fsp3) is 0.0625. The largest absolute Gasteiger partial charge is 0.508 e. The van der Waals surface area contributed by atoms with E-state index in [1.807, 2.05) is 30.3 Å². The fourth-order valence-corrected chi connectivity index (χ4v) is 2.15. The summed E-state index contributed by atoms with van der Waals surface area (Å²) in [6.07, 6.45) is 0. The van der Waals surface area contributed by atoms with Crippen molar-refractivity contribution in [1.82, 2.24) is 0 Å². The van der Waals surface area contributed by atoms with Crippen molar-refractivity contribution < 1.29 is 9.52 Å². The number of aromatic hydroxyl groups is 1. The van der Waals surface area contributed by atoms with Crippen LogP contribution in [0.2, 0.25) is 0 Å². The number of hydrogen-bond acceptors (Lipinski definition) is 3. The first kappa shape index (κ1) is 11.5. The van der Waals surface area contributed by atoms with Crippen molar-refractivity contribution in [2.24, 2.45) is 0 Å². The van der Waals surface area contributed by atoms with Crippen molar-refractivity contribution in [3.8, 4) is 16.9 Å². The number of hydrogen-bond donors (Lipinski definition) is 1. The Kier molecular flexibility index (Phi) is 2.60. The lowest BCUT2D eigenvalue weighted by Crippen LogP contribution is -1.98. The molecule has 0 aliphatic heterocycles. The second-order valence-corrected chi connectivity index (χ2v) is 4.48. The van der Waals surface area contributed by atoms with E-state index in [1.54, 1.807) is 19.1 Å². The molecule has 0 atom stereocenters. The number of rotatable bonds is 1. The number of fused-ring (bicyclic) bond motifs is 1. The Balaban J connectivity index is 2.42. The minimum absolute atomic E-state index is 0.193. The van der Waals surface area contributed by atoms with Crippen LogP contribution in [-0.4, -0.2) is 5.11 Å². The van der Waals surface area contributed by atoms with Gasteiger partial charge in [0.05, 0.1) is 0 Å². The molecule has 0 aliphatic carbocycles. The van der Waals surface area contributed by atoms with E-state index in [-0.39, 0.29) is 5.75 Å². The lowest BCUT2D eigenvalue weighted by atomic mass is 10.0. The third kappa shape index (κ3) is 1.99. The lowest BCUT2D eigenvalue weighted by molar-refractivity contribution is 0.471. The van der Waals surface area contributed by atoms with E-state index in [9.17, 15) is 9.90 Å². The highest BCUT2D eigenvalue weighted by atomic mass is 16.4. The topological polar surface area (TPSA) is 50.4 Å². The molecule has 94 valence electrons. The molecule has 0 saturated heterocycles. The number of aryl methyl sites for hydroxylation is 1. The third-order valence-corrected chi connectivity index (χ3v) is 3.15. The van der Waals surface area contributed by atoms with E-state index in [0.717, 1.165) is 16.5 Å². The van der Waals surface area contributed by atoms with Crippen LogP contribution in [0.3, 0.4) is 0 Å². The van der Waals surface area contributed by atoms with Gasteiger partial charge in [0.25, 0.3) is 0 Å². The van der Waals surface area contributed by atoms with Gasteiger partial charge < -0.3 is 9.52 Å². The van der Waals surface area contributed by atoms with Crippen molar-refractivity contribution in [3.63, 3.8) is 0 Å². The molecule has 3 heteroatoms. The van der Waals surface area contributed by atoms with Gasteiger partial charge in [-0.05, 0) is 35.7 Å². The maximum atomic E-state index is 11.6. The Morgan fingerprint density at radius 2 is 1.79 bits per heavy atom. The van der Waals surface area contributed by atoms with Gasteiger partial charge in [0.1, 0.15) is 11.3 Å². The quantitative estimate of drug-likeness (QED) is 0.674. The molecule has 1 aromatic heterocycles. The van der Waals surface area contributed by atoms with Crippen LogP contribution in [0, 0.1) is 6.92 Å². The van der Waals surface area contributed by atoms with E-state index in [2.05, 4.69) is 0 Å². The molecule has 3 aromatic rings. The molecule has 0 radical (unpaired) electrons. The predicted molar refractivity (Wildman–Crippen MR) is 74.3 cm³/mol. The van der Waals surface area contributed by atoms with E-state index in [0.29, 0.717) is 11.1 Å². The fourth-order valence-electron chi connectivity index (χ4n) is 2.15. The summed E-state index contributed by atoms with van der Waals surface area (Å²) in [5, 5.41) is 10.6. The highest BCUT2D eigenvalue weighted by Gasteiger charge is 2.10. The summed E-state index contributed by atoms with van der Waals surface area (Å²) in [5.41, 5.74) is 2.46. The Labute approximate surface area is 109 Å². The molecule has 0 fully saturated rings. The molecule has 0 spiro atoms. The van der Waals surface area contributed by atoms with Gasteiger partial charge in [-0.25, -0.2) is 4.79 Å². The minimum atomic E-state index is -0.392. The zero-order chi connectivity index (χ0) is 13.4. The number of phenols is 1. The van der Waals surface area contributed by atoms with Crippen LogP contribution in [0.1, 0.15) is 5.56 Å². The van der Waals surface area contributed by atoms with Crippen molar-refractivity contribution in [2.75, 3.05) is 0 Å². The van der Waals surface area contributed by atoms with Crippen LogP contribution < -0.4 is 5.63 Å². The van der Waals surface area contributed by atoms with Crippen LogP contribution in [0.15, 0.2) is 57.7 Å². The third-order valence-electron chi connectivity index (χ3n) is 3.15. The second-order valence-electron chi connectivity index (χ2n) is 4.48. The second kappa shape index (κ2) is 4.28. The molecule has 3 nitrogen and oxygen atoms in total. The molecule has 0 amide bonds. The summed E-state index contributed by atoms with van der Waals surface area (Å²) in [6.45, 7) is 1.77. The zero-order valence-corrected chi connectivity index (χ0v) is 10.4. The van der Waals surface area contributed by atoms with Gasteiger partial charge in [-0.2, -0.15) is 0 Å². The molecule has 1 N–H and O–H groups in total. The average Bonchev–Trinajstić information content (AvgIpc) is 2.41. The van der Waals surface area contributed by atoms with Crippen LogP contribution >= 0.6 is 0 Å². The molecule has 0 aliphatic rings. The smallest absolute Gasteiger partial charge is 0.336 e. The predicted octanol–water partition coefficient (Wildman–Crippen LogP) is 3.47. The first-order valence-electron chi connectivity index (χ1n) is 5.98. The van der Waals surface area contributed by atoms with E-state index < -0.39 is 5.63 Å². The van der Waals surface area contributed by atoms with Gasteiger partial charge in [-0.3, -0.25) is 0 Å². The molecule has 0 unspecified atom stereocenters. The Bertz CT molecular complexity index is 801. The Morgan fingerprint density at radius 3 is 2.53 bits per heavy atom. The number of phenolic OH excluding ortho intramolecular Hbond substituents is 1. The first-order chi connectivity index (χ1) is 9.15. The summed E-state index contributed by atoms with van der Waals surface area (Å²) in [6, 6.07) is 14.3. The van der Waals surface area contributed by atoms with Crippen LogP contribution in [0.25, 0.3) is 22.1 Å². The molecular formula is C16H12O3. The lowest BCUT2D eigenvalue weighted by Gasteiger charge is -2.07. The highest BCUT2D eigenvalue weighted by molar-refractivity contribution is 5.94. The molecule has 0 bridgehead atoms. The summed E-state index contributed by atoms with van der Waals surface area (Å²) in [4.78, 5) is 11.6. The zero-order valence-electron chi connectivity index (χ0n) is 10.4. The molecule has 1 heterocycles. The molecule has 19 heavy (non-hydrogen) atoms. The van der Waals surface area contributed by atoms with Gasteiger partial charge in [0, 0.05) is 11.5 Å². The van der Waals surface area contributed by atoms with Crippen molar-refractivity contribution in [3.05, 3.63) is 64.5 Å². The van der Waals surface area contributed by atoms with E-state index >= 15 is 0 Å². The molecule has 2 aromatic carbocycles. The van der Waals surface area contributed by atoms with Crippen molar-refractivity contribution in [2.45, 2.75) is 6.92 Å². The summed E-state index contributed by atoms with van der Waals surface area (Å²) in [5.74, 6) is 0.193. The summed E-state index contributed by atoms with van der Waals surface area (Å²) in [7, 11) is 0. The minimum Gasteiger partial charge on any atom is -0.508 e. The normalized spacial score (nSPS) is 10.8. The van der Waals surface area contributed by atoms with Crippen LogP contribution in [0.4, 0.5) is 0 Å². The van der Waals surface area contributed by atoms with Crippen molar-refractivity contribution >= 4 is 11.0 Å². The Morgan fingerprint density at radius 1 is 1.05 bits per heavy atom.